The van der Waals surface area contributed by atoms with Gasteiger partial charge in [0.15, 0.2) is 0 Å². The van der Waals surface area contributed by atoms with Gasteiger partial charge < -0.3 is 9.73 Å². The summed E-state index contributed by atoms with van der Waals surface area (Å²) in [7, 11) is 0. The maximum Gasteiger partial charge on any atom is 0.337 e. The van der Waals surface area contributed by atoms with Crippen molar-refractivity contribution in [3.8, 4) is 11.3 Å². The lowest BCUT2D eigenvalue weighted by molar-refractivity contribution is 0.0938. The van der Waals surface area contributed by atoms with Crippen molar-refractivity contribution in [2.45, 2.75) is 0 Å². The predicted molar refractivity (Wildman–Crippen MR) is 90.2 cm³/mol. The second-order valence-electron chi connectivity index (χ2n) is 4.92. The van der Waals surface area contributed by atoms with E-state index in [9.17, 15) is 9.59 Å². The van der Waals surface area contributed by atoms with E-state index in [1.807, 2.05) is 12.1 Å². The van der Waals surface area contributed by atoms with Crippen molar-refractivity contribution in [3.63, 3.8) is 0 Å². The predicted octanol–water partition coefficient (Wildman–Crippen LogP) is 3.41. The molecule has 120 valence electrons. The first kappa shape index (κ1) is 15.4. The molecule has 0 saturated carbocycles. The van der Waals surface area contributed by atoms with Crippen LogP contribution in [0.25, 0.3) is 11.3 Å². The van der Waals surface area contributed by atoms with Crippen LogP contribution >= 0.6 is 0 Å². The molecule has 0 fully saturated rings. The van der Waals surface area contributed by atoms with Gasteiger partial charge in [-0.25, -0.2) is 10.2 Å². The van der Waals surface area contributed by atoms with Gasteiger partial charge in [0.1, 0.15) is 5.76 Å². The zero-order valence-corrected chi connectivity index (χ0v) is 12.7. The zero-order valence-electron chi connectivity index (χ0n) is 12.7. The third kappa shape index (κ3) is 3.61. The van der Waals surface area contributed by atoms with Crippen LogP contribution in [-0.2, 0) is 0 Å². The zero-order chi connectivity index (χ0) is 16.8. The summed E-state index contributed by atoms with van der Waals surface area (Å²) in [5.41, 5.74) is 6.37. The van der Waals surface area contributed by atoms with Gasteiger partial charge in [-0.1, -0.05) is 36.4 Å². The minimum atomic E-state index is -0.537. The van der Waals surface area contributed by atoms with Gasteiger partial charge in [0.05, 0.1) is 11.8 Å². The van der Waals surface area contributed by atoms with Gasteiger partial charge in [-0.2, -0.15) is 0 Å². The first-order valence-electron chi connectivity index (χ1n) is 7.29. The molecule has 1 aromatic heterocycles. The highest BCUT2D eigenvalue weighted by Gasteiger charge is 2.14. The van der Waals surface area contributed by atoms with Crippen molar-refractivity contribution in [2.75, 3.05) is 5.32 Å². The molecule has 0 spiro atoms. The van der Waals surface area contributed by atoms with Gasteiger partial charge in [-0.05, 0) is 30.3 Å². The van der Waals surface area contributed by atoms with E-state index in [0.717, 1.165) is 0 Å². The summed E-state index contributed by atoms with van der Waals surface area (Å²) in [4.78, 5) is 24.1. The Morgan fingerprint density at radius 3 is 2.29 bits per heavy atom. The number of hydrazine groups is 1. The minimum Gasteiger partial charge on any atom is -0.464 e. The number of benzene rings is 2. The number of hydrogen-bond donors (Lipinski definition) is 3. The quantitative estimate of drug-likeness (QED) is 0.646. The number of anilines is 1. The molecule has 0 aliphatic heterocycles. The van der Waals surface area contributed by atoms with E-state index in [1.165, 1.54) is 6.26 Å². The van der Waals surface area contributed by atoms with Gasteiger partial charge in [-0.15, -0.1) is 0 Å². The topological polar surface area (TPSA) is 83.4 Å². The summed E-state index contributed by atoms with van der Waals surface area (Å²) in [6, 6.07) is 18.9. The molecular formula is C18H15N3O3. The number of para-hydroxylation sites is 1. The molecule has 6 nitrogen and oxygen atoms in total. The third-order valence-electron chi connectivity index (χ3n) is 3.28. The Labute approximate surface area is 138 Å². The highest BCUT2D eigenvalue weighted by atomic mass is 16.3. The number of nitrogens with one attached hydrogen (secondary N) is 3. The van der Waals surface area contributed by atoms with Crippen LogP contribution in [-0.4, -0.2) is 11.9 Å². The minimum absolute atomic E-state index is 0.396. The Morgan fingerprint density at radius 1 is 0.792 bits per heavy atom. The highest BCUT2D eigenvalue weighted by Crippen LogP contribution is 2.23. The lowest BCUT2D eigenvalue weighted by atomic mass is 10.1. The maximum absolute atomic E-state index is 12.3. The second-order valence-corrected chi connectivity index (χ2v) is 4.92. The lowest BCUT2D eigenvalue weighted by Gasteiger charge is -2.10. The van der Waals surface area contributed by atoms with Crippen molar-refractivity contribution in [2.24, 2.45) is 0 Å². The summed E-state index contributed by atoms with van der Waals surface area (Å²) in [5.74, 6) is 0.139. The number of carbonyl (C=O) groups is 2. The standard InChI is InChI=1S/C18H15N3O3/c22-17(20-21-18(23)19-13-7-2-1-3-8-13)15-10-5-4-9-14(15)16-11-6-12-24-16/h1-12H,(H,20,22)(H2,19,21,23). The number of carbonyl (C=O) groups excluding carboxylic acids is 2. The molecule has 3 amide bonds. The molecule has 0 aliphatic rings. The number of rotatable bonds is 3. The molecular weight excluding hydrogens is 306 g/mol. The average Bonchev–Trinajstić information content (AvgIpc) is 3.15. The first-order chi connectivity index (χ1) is 11.7. The van der Waals surface area contributed by atoms with Crippen LogP contribution in [0.15, 0.2) is 77.4 Å². The molecule has 24 heavy (non-hydrogen) atoms. The maximum atomic E-state index is 12.3. The van der Waals surface area contributed by atoms with Crippen molar-refractivity contribution in [1.82, 2.24) is 10.9 Å². The van der Waals surface area contributed by atoms with Crippen molar-refractivity contribution >= 4 is 17.6 Å². The fourth-order valence-corrected chi connectivity index (χ4v) is 2.19. The van der Waals surface area contributed by atoms with E-state index < -0.39 is 11.9 Å². The molecule has 2 aromatic carbocycles. The summed E-state index contributed by atoms with van der Waals surface area (Å²) < 4.78 is 5.34. The fraction of sp³-hybridized carbons (Fsp3) is 0. The van der Waals surface area contributed by atoms with E-state index in [-0.39, 0.29) is 0 Å². The van der Waals surface area contributed by atoms with E-state index in [0.29, 0.717) is 22.6 Å². The third-order valence-corrected chi connectivity index (χ3v) is 3.28. The lowest BCUT2D eigenvalue weighted by Crippen LogP contribution is -2.44. The largest absolute Gasteiger partial charge is 0.464 e. The molecule has 0 aliphatic carbocycles. The Kier molecular flexibility index (Phi) is 4.57. The Balaban J connectivity index is 1.65. The van der Waals surface area contributed by atoms with E-state index in [4.69, 9.17) is 4.42 Å². The van der Waals surface area contributed by atoms with E-state index in [1.54, 1.807) is 54.6 Å². The number of furan rings is 1. The Morgan fingerprint density at radius 2 is 1.54 bits per heavy atom. The van der Waals surface area contributed by atoms with Crippen LogP contribution in [0, 0.1) is 0 Å². The normalized spacial score (nSPS) is 10.0. The highest BCUT2D eigenvalue weighted by molar-refractivity contribution is 6.01. The molecule has 0 radical (unpaired) electrons. The second kappa shape index (κ2) is 7.15. The summed E-state index contributed by atoms with van der Waals surface area (Å²) in [6.07, 6.45) is 1.54. The van der Waals surface area contributed by atoms with Gasteiger partial charge in [0, 0.05) is 11.3 Å². The summed E-state index contributed by atoms with van der Waals surface area (Å²) >= 11 is 0. The Hall–Kier alpha value is -3.54. The number of amides is 3. The molecule has 0 atom stereocenters. The van der Waals surface area contributed by atoms with Crippen molar-refractivity contribution < 1.29 is 14.0 Å². The molecule has 1 heterocycles. The van der Waals surface area contributed by atoms with E-state index in [2.05, 4.69) is 16.2 Å². The Bertz CT molecular complexity index is 830. The molecule has 3 aromatic rings. The molecule has 0 unspecified atom stereocenters. The molecule has 6 heteroatoms. The smallest absolute Gasteiger partial charge is 0.337 e. The van der Waals surface area contributed by atoms with Gasteiger partial charge in [0.25, 0.3) is 5.91 Å². The van der Waals surface area contributed by atoms with Crippen molar-refractivity contribution in [3.05, 3.63) is 78.6 Å². The molecule has 0 saturated heterocycles. The molecule has 3 rings (SSSR count). The van der Waals surface area contributed by atoms with Crippen LogP contribution in [0.4, 0.5) is 10.5 Å². The fourth-order valence-electron chi connectivity index (χ4n) is 2.19. The van der Waals surface area contributed by atoms with Crippen LogP contribution in [0.1, 0.15) is 10.4 Å². The first-order valence-corrected chi connectivity index (χ1v) is 7.29. The molecule has 3 N–H and O–H groups in total. The molecule has 0 bridgehead atoms. The SMILES string of the molecule is O=C(NNC(=O)c1ccccc1-c1ccco1)Nc1ccccc1. The van der Waals surface area contributed by atoms with Crippen LogP contribution in [0.5, 0.6) is 0 Å². The summed E-state index contributed by atoms with van der Waals surface area (Å²) in [6.45, 7) is 0. The van der Waals surface area contributed by atoms with E-state index >= 15 is 0 Å². The van der Waals surface area contributed by atoms with Crippen LogP contribution in [0.3, 0.4) is 0 Å². The van der Waals surface area contributed by atoms with Crippen LogP contribution in [0.2, 0.25) is 0 Å². The number of urea groups is 1. The van der Waals surface area contributed by atoms with Crippen LogP contribution < -0.4 is 16.2 Å². The van der Waals surface area contributed by atoms with Gasteiger partial charge in [-0.3, -0.25) is 10.2 Å². The van der Waals surface area contributed by atoms with Gasteiger partial charge >= 0.3 is 6.03 Å². The van der Waals surface area contributed by atoms with Crippen molar-refractivity contribution in [1.29, 1.82) is 0 Å². The summed E-state index contributed by atoms with van der Waals surface area (Å²) in [5, 5.41) is 2.61. The van der Waals surface area contributed by atoms with Gasteiger partial charge in [0.2, 0.25) is 0 Å². The monoisotopic (exact) mass is 321 g/mol. The average molecular weight is 321 g/mol. The number of hydrogen-bond acceptors (Lipinski definition) is 3.